The summed E-state index contributed by atoms with van der Waals surface area (Å²) >= 11 is 0. The second-order valence-electron chi connectivity index (χ2n) is 8.09. The van der Waals surface area contributed by atoms with Gasteiger partial charge in [-0.15, -0.1) is 0 Å². The minimum Gasteiger partial charge on any atom is -0.493 e. The van der Waals surface area contributed by atoms with Crippen LogP contribution in [0.25, 0.3) is 0 Å². The van der Waals surface area contributed by atoms with Crippen molar-refractivity contribution < 1.29 is 31.1 Å². The third-order valence-corrected chi connectivity index (χ3v) is 7.96. The van der Waals surface area contributed by atoms with Crippen LogP contribution in [-0.4, -0.2) is 40.1 Å². The Hall–Kier alpha value is -2.26. The molecular weight excluding hydrogens is 443 g/mol. The van der Waals surface area contributed by atoms with E-state index in [0.717, 1.165) is 5.56 Å². The first-order valence-corrected chi connectivity index (χ1v) is 12.1. The minimum absolute atomic E-state index is 0.0772. The van der Waals surface area contributed by atoms with E-state index in [4.69, 9.17) is 9.47 Å². The molecule has 0 amide bonds. The van der Waals surface area contributed by atoms with Crippen LogP contribution in [0.3, 0.4) is 0 Å². The SMILES string of the molecule is CCC1(CCCC(F)(F)F)CS(=O)(=O)c2cc(OC)c(OC)cc2C(c2ccccc2)N1. The van der Waals surface area contributed by atoms with Gasteiger partial charge in [-0.1, -0.05) is 37.3 Å². The van der Waals surface area contributed by atoms with Gasteiger partial charge in [0.05, 0.1) is 30.9 Å². The maximum atomic E-state index is 13.5. The van der Waals surface area contributed by atoms with E-state index in [0.29, 0.717) is 17.7 Å². The van der Waals surface area contributed by atoms with Gasteiger partial charge >= 0.3 is 6.18 Å². The molecule has 0 saturated heterocycles. The van der Waals surface area contributed by atoms with Gasteiger partial charge in [0.25, 0.3) is 0 Å². The van der Waals surface area contributed by atoms with Crippen LogP contribution in [0.15, 0.2) is 47.4 Å². The zero-order chi connectivity index (χ0) is 23.6. The number of hydrogen-bond donors (Lipinski definition) is 1. The van der Waals surface area contributed by atoms with Gasteiger partial charge in [-0.05, 0) is 36.5 Å². The predicted molar refractivity (Wildman–Crippen MR) is 116 cm³/mol. The van der Waals surface area contributed by atoms with Gasteiger partial charge in [0, 0.05) is 18.0 Å². The molecule has 1 N–H and O–H groups in total. The number of sulfone groups is 1. The Bertz CT molecular complexity index is 1040. The Morgan fingerprint density at radius 2 is 1.72 bits per heavy atom. The lowest BCUT2D eigenvalue weighted by molar-refractivity contribution is -0.136. The fourth-order valence-electron chi connectivity index (χ4n) is 4.30. The molecule has 0 aromatic heterocycles. The Morgan fingerprint density at radius 3 is 2.28 bits per heavy atom. The highest BCUT2D eigenvalue weighted by Gasteiger charge is 2.43. The van der Waals surface area contributed by atoms with Crippen molar-refractivity contribution in [1.29, 1.82) is 0 Å². The average molecular weight is 472 g/mol. The van der Waals surface area contributed by atoms with E-state index in [1.165, 1.54) is 20.3 Å². The lowest BCUT2D eigenvalue weighted by atomic mass is 9.88. The molecule has 9 heteroatoms. The quantitative estimate of drug-likeness (QED) is 0.612. The number of hydrogen-bond acceptors (Lipinski definition) is 5. The normalized spacial score (nSPS) is 22.6. The van der Waals surface area contributed by atoms with Crippen molar-refractivity contribution >= 4 is 9.84 Å². The molecule has 1 aliphatic rings. The number of halogens is 3. The smallest absolute Gasteiger partial charge is 0.389 e. The van der Waals surface area contributed by atoms with E-state index in [9.17, 15) is 21.6 Å². The van der Waals surface area contributed by atoms with E-state index in [1.54, 1.807) is 13.0 Å². The molecule has 2 aromatic carbocycles. The largest absolute Gasteiger partial charge is 0.493 e. The highest BCUT2D eigenvalue weighted by atomic mass is 32.2. The summed E-state index contributed by atoms with van der Waals surface area (Å²) in [7, 11) is -0.951. The highest BCUT2D eigenvalue weighted by Crippen LogP contribution is 2.43. The lowest BCUT2D eigenvalue weighted by Gasteiger charge is -2.36. The van der Waals surface area contributed by atoms with Crippen molar-refractivity contribution in [3.8, 4) is 11.5 Å². The fraction of sp³-hybridized carbons (Fsp3) is 0.478. The van der Waals surface area contributed by atoms with Crippen LogP contribution in [0.5, 0.6) is 11.5 Å². The zero-order valence-electron chi connectivity index (χ0n) is 18.3. The summed E-state index contributed by atoms with van der Waals surface area (Å²) in [4.78, 5) is 0.0997. The second-order valence-corrected chi connectivity index (χ2v) is 10.1. The molecule has 2 aromatic rings. The van der Waals surface area contributed by atoms with Gasteiger partial charge in [0.1, 0.15) is 0 Å². The summed E-state index contributed by atoms with van der Waals surface area (Å²) in [5, 5.41) is 3.44. The topological polar surface area (TPSA) is 64.6 Å². The Balaban J connectivity index is 2.17. The maximum absolute atomic E-state index is 13.5. The second kappa shape index (κ2) is 9.31. The molecule has 0 bridgehead atoms. The molecule has 0 spiro atoms. The summed E-state index contributed by atoms with van der Waals surface area (Å²) in [6.45, 7) is 1.80. The minimum atomic E-state index is -4.29. The van der Waals surface area contributed by atoms with Crippen LogP contribution >= 0.6 is 0 Å². The first-order valence-electron chi connectivity index (χ1n) is 10.4. The van der Waals surface area contributed by atoms with Gasteiger partial charge in [-0.2, -0.15) is 13.2 Å². The number of methoxy groups -OCH3 is 2. The first kappa shape index (κ1) is 24.4. The molecule has 5 nitrogen and oxygen atoms in total. The Morgan fingerprint density at radius 1 is 1.09 bits per heavy atom. The monoisotopic (exact) mass is 471 g/mol. The van der Waals surface area contributed by atoms with Gasteiger partial charge in [0.2, 0.25) is 0 Å². The zero-order valence-corrected chi connectivity index (χ0v) is 19.1. The summed E-state index contributed by atoms with van der Waals surface area (Å²) in [5.74, 6) is 0.355. The third kappa shape index (κ3) is 5.20. The highest BCUT2D eigenvalue weighted by molar-refractivity contribution is 7.91. The van der Waals surface area contributed by atoms with Crippen LogP contribution in [0.1, 0.15) is 49.8 Å². The molecule has 1 heterocycles. The standard InChI is InChI=1S/C23H28F3NO4S/c1-4-22(11-8-12-23(24,25)26)15-32(28,29)20-14-19(31-3)18(30-2)13-17(20)21(27-22)16-9-6-5-7-10-16/h5-7,9-10,13-14,21,27H,4,8,11-12,15H2,1-3H3. The van der Waals surface area contributed by atoms with E-state index in [2.05, 4.69) is 5.32 Å². The first-order chi connectivity index (χ1) is 15.0. The molecule has 0 aliphatic carbocycles. The summed E-state index contributed by atoms with van der Waals surface area (Å²) in [6.07, 6.45) is -4.98. The fourth-order valence-corrected chi connectivity index (χ4v) is 6.44. The van der Waals surface area contributed by atoms with Crippen molar-refractivity contribution in [1.82, 2.24) is 5.32 Å². The molecule has 0 radical (unpaired) electrons. The van der Waals surface area contributed by atoms with E-state index in [-0.39, 0.29) is 29.2 Å². The van der Waals surface area contributed by atoms with E-state index >= 15 is 0 Å². The summed E-state index contributed by atoms with van der Waals surface area (Å²) < 4.78 is 76.2. The Kier molecular flexibility index (Phi) is 7.09. The van der Waals surface area contributed by atoms with Crippen molar-refractivity contribution in [2.24, 2.45) is 0 Å². The predicted octanol–water partition coefficient (Wildman–Crippen LogP) is 5.05. The van der Waals surface area contributed by atoms with Gasteiger partial charge < -0.3 is 9.47 Å². The number of fused-ring (bicyclic) bond motifs is 1. The van der Waals surface area contributed by atoms with E-state index in [1.807, 2.05) is 30.3 Å². The number of ether oxygens (including phenoxy) is 2. The number of benzene rings is 2. The number of alkyl halides is 3. The molecule has 2 atom stereocenters. The van der Waals surface area contributed by atoms with Crippen LogP contribution in [0, 0.1) is 0 Å². The van der Waals surface area contributed by atoms with Crippen LogP contribution in [0.4, 0.5) is 13.2 Å². The molecule has 0 saturated carbocycles. The molecule has 32 heavy (non-hydrogen) atoms. The Labute approximate surface area is 186 Å². The molecule has 3 rings (SSSR count). The van der Waals surface area contributed by atoms with Crippen molar-refractivity contribution in [2.45, 2.75) is 55.3 Å². The number of rotatable bonds is 7. The number of nitrogens with one attached hydrogen (secondary N) is 1. The lowest BCUT2D eigenvalue weighted by Crippen LogP contribution is -2.50. The maximum Gasteiger partial charge on any atom is 0.389 e. The van der Waals surface area contributed by atoms with Crippen molar-refractivity contribution in [3.05, 3.63) is 53.6 Å². The molecule has 0 fully saturated rings. The molecule has 176 valence electrons. The van der Waals surface area contributed by atoms with Crippen LogP contribution in [0.2, 0.25) is 0 Å². The molecule has 2 unspecified atom stereocenters. The molecule has 1 aliphatic heterocycles. The van der Waals surface area contributed by atoms with Crippen molar-refractivity contribution in [2.75, 3.05) is 20.0 Å². The molecular formula is C23H28F3NO4S. The van der Waals surface area contributed by atoms with Gasteiger partial charge in [-0.3, -0.25) is 5.32 Å². The van der Waals surface area contributed by atoms with Crippen LogP contribution in [-0.2, 0) is 9.84 Å². The summed E-state index contributed by atoms with van der Waals surface area (Å²) in [5.41, 5.74) is 0.274. The van der Waals surface area contributed by atoms with Gasteiger partial charge in [-0.25, -0.2) is 8.42 Å². The van der Waals surface area contributed by atoms with Crippen molar-refractivity contribution in [3.63, 3.8) is 0 Å². The van der Waals surface area contributed by atoms with Gasteiger partial charge in [0.15, 0.2) is 21.3 Å². The van der Waals surface area contributed by atoms with Crippen LogP contribution < -0.4 is 14.8 Å². The van der Waals surface area contributed by atoms with E-state index < -0.39 is 34.0 Å². The third-order valence-electron chi connectivity index (χ3n) is 6.00. The summed E-state index contributed by atoms with van der Waals surface area (Å²) in [6, 6.07) is 11.8. The average Bonchev–Trinajstić information content (AvgIpc) is 2.84.